The second-order valence-electron chi connectivity index (χ2n) is 4.48. The van der Waals surface area contributed by atoms with Crippen molar-refractivity contribution >= 4 is 32.8 Å². The lowest BCUT2D eigenvalue weighted by Crippen LogP contribution is -2.00. The van der Waals surface area contributed by atoms with E-state index in [4.69, 9.17) is 4.74 Å². The van der Waals surface area contributed by atoms with Gasteiger partial charge in [0.25, 0.3) is 0 Å². The topological polar surface area (TPSA) is 42.1 Å². The molecule has 0 unspecified atom stereocenters. The zero-order chi connectivity index (χ0) is 14.1. The molecule has 0 aliphatic heterocycles. The van der Waals surface area contributed by atoms with Crippen LogP contribution in [0.15, 0.2) is 53.0 Å². The molecule has 0 fully saturated rings. The van der Waals surface area contributed by atoms with Crippen LogP contribution >= 0.6 is 15.9 Å². The Balaban J connectivity index is 2.00. The fourth-order valence-corrected chi connectivity index (χ4v) is 2.52. The number of hydrogen-bond acceptors (Lipinski definition) is 2. The first-order valence-electron chi connectivity index (χ1n) is 6.14. The summed E-state index contributed by atoms with van der Waals surface area (Å²) in [6.07, 6.45) is 0. The van der Waals surface area contributed by atoms with Gasteiger partial charge in [0.1, 0.15) is 0 Å². The lowest BCUT2D eigenvalue weighted by Gasteiger charge is -2.01. The fourth-order valence-electron chi connectivity index (χ4n) is 2.16. The Morgan fingerprint density at radius 1 is 1.10 bits per heavy atom. The molecule has 3 aromatic rings. The Morgan fingerprint density at radius 2 is 1.85 bits per heavy atom. The molecule has 0 spiro atoms. The van der Waals surface area contributed by atoms with E-state index in [0.29, 0.717) is 5.56 Å². The normalized spacial score (nSPS) is 10.7. The number of halogens is 1. The molecule has 0 amide bonds. The average Bonchev–Trinajstić information content (AvgIpc) is 2.89. The monoisotopic (exact) mass is 329 g/mol. The summed E-state index contributed by atoms with van der Waals surface area (Å²) in [5.74, 6) is -0.322. The van der Waals surface area contributed by atoms with Crippen molar-refractivity contribution in [3.8, 4) is 11.3 Å². The molecule has 1 N–H and O–H groups in total. The number of methoxy groups -OCH3 is 1. The van der Waals surface area contributed by atoms with E-state index in [-0.39, 0.29) is 5.97 Å². The van der Waals surface area contributed by atoms with Gasteiger partial charge in [-0.25, -0.2) is 4.79 Å². The molecule has 2 aromatic carbocycles. The van der Waals surface area contributed by atoms with Crippen LogP contribution in [-0.4, -0.2) is 18.1 Å². The lowest BCUT2D eigenvalue weighted by atomic mass is 10.1. The third kappa shape index (κ3) is 2.34. The summed E-state index contributed by atoms with van der Waals surface area (Å²) in [4.78, 5) is 14.8. The number of aromatic amines is 1. The third-order valence-electron chi connectivity index (χ3n) is 3.20. The van der Waals surface area contributed by atoms with Crippen LogP contribution in [-0.2, 0) is 4.74 Å². The Bertz CT molecular complexity index is 775. The first kappa shape index (κ1) is 12.9. The third-order valence-corrected chi connectivity index (χ3v) is 3.69. The van der Waals surface area contributed by atoms with Crippen molar-refractivity contribution in [1.82, 2.24) is 4.98 Å². The van der Waals surface area contributed by atoms with E-state index >= 15 is 0 Å². The number of aromatic nitrogens is 1. The van der Waals surface area contributed by atoms with Gasteiger partial charge in [-0.1, -0.05) is 34.1 Å². The summed E-state index contributed by atoms with van der Waals surface area (Å²) in [6, 6.07) is 15.6. The van der Waals surface area contributed by atoms with Gasteiger partial charge in [-0.2, -0.15) is 0 Å². The van der Waals surface area contributed by atoms with Gasteiger partial charge in [-0.15, -0.1) is 0 Å². The van der Waals surface area contributed by atoms with Crippen molar-refractivity contribution in [3.63, 3.8) is 0 Å². The Labute approximate surface area is 124 Å². The smallest absolute Gasteiger partial charge is 0.337 e. The maximum atomic E-state index is 11.4. The number of fused-ring (bicyclic) bond motifs is 1. The molecule has 3 nitrogen and oxygen atoms in total. The van der Waals surface area contributed by atoms with E-state index in [1.807, 2.05) is 24.3 Å². The number of ether oxygens (including phenoxy) is 1. The van der Waals surface area contributed by atoms with Crippen molar-refractivity contribution in [2.24, 2.45) is 0 Å². The highest BCUT2D eigenvalue weighted by atomic mass is 79.9. The first-order valence-corrected chi connectivity index (χ1v) is 6.94. The van der Waals surface area contributed by atoms with Gasteiger partial charge < -0.3 is 9.72 Å². The number of esters is 1. The van der Waals surface area contributed by atoms with Crippen LogP contribution in [0.2, 0.25) is 0 Å². The minimum Gasteiger partial charge on any atom is -0.465 e. The van der Waals surface area contributed by atoms with Crippen LogP contribution in [0.3, 0.4) is 0 Å². The fraction of sp³-hybridized carbons (Fsp3) is 0.0625. The molecule has 0 saturated carbocycles. The number of hydrogen-bond donors (Lipinski definition) is 1. The Morgan fingerprint density at radius 3 is 2.55 bits per heavy atom. The van der Waals surface area contributed by atoms with E-state index in [2.05, 4.69) is 33.0 Å². The zero-order valence-corrected chi connectivity index (χ0v) is 12.4. The number of rotatable bonds is 2. The van der Waals surface area contributed by atoms with E-state index in [0.717, 1.165) is 26.6 Å². The minimum absolute atomic E-state index is 0.322. The van der Waals surface area contributed by atoms with Crippen LogP contribution in [0.25, 0.3) is 22.2 Å². The molecule has 4 heteroatoms. The zero-order valence-electron chi connectivity index (χ0n) is 10.8. The van der Waals surface area contributed by atoms with Gasteiger partial charge in [-0.05, 0) is 35.9 Å². The second kappa shape index (κ2) is 5.13. The summed E-state index contributed by atoms with van der Waals surface area (Å²) in [7, 11) is 1.38. The van der Waals surface area contributed by atoms with Gasteiger partial charge in [0.15, 0.2) is 0 Å². The molecule has 1 heterocycles. The van der Waals surface area contributed by atoms with Crippen LogP contribution in [0.1, 0.15) is 10.4 Å². The van der Waals surface area contributed by atoms with Crippen molar-refractivity contribution in [2.45, 2.75) is 0 Å². The van der Waals surface area contributed by atoms with Crippen LogP contribution in [0.4, 0.5) is 0 Å². The van der Waals surface area contributed by atoms with E-state index in [9.17, 15) is 4.79 Å². The highest BCUT2D eigenvalue weighted by Gasteiger charge is 2.07. The standard InChI is InChI=1S/C16H12BrNO2/c1-20-16(19)11-4-2-10(3-5-11)14-8-12-6-7-13(17)9-15(12)18-14/h2-9,18H,1H3. The predicted octanol–water partition coefficient (Wildman–Crippen LogP) is 4.38. The summed E-state index contributed by atoms with van der Waals surface area (Å²) >= 11 is 3.46. The van der Waals surface area contributed by atoms with Crippen LogP contribution in [0.5, 0.6) is 0 Å². The van der Waals surface area contributed by atoms with Gasteiger partial charge >= 0.3 is 5.97 Å². The van der Waals surface area contributed by atoms with Crippen molar-refractivity contribution in [1.29, 1.82) is 0 Å². The lowest BCUT2D eigenvalue weighted by molar-refractivity contribution is 0.0601. The van der Waals surface area contributed by atoms with Crippen molar-refractivity contribution in [2.75, 3.05) is 7.11 Å². The number of carbonyl (C=O) groups is 1. The highest BCUT2D eigenvalue weighted by Crippen LogP contribution is 2.26. The van der Waals surface area contributed by atoms with Crippen LogP contribution < -0.4 is 0 Å². The molecule has 1 aromatic heterocycles. The van der Waals surface area contributed by atoms with E-state index < -0.39 is 0 Å². The Hall–Kier alpha value is -2.07. The average molecular weight is 330 g/mol. The number of nitrogens with one attached hydrogen (secondary N) is 1. The second-order valence-corrected chi connectivity index (χ2v) is 5.40. The molecule has 0 aliphatic rings. The summed E-state index contributed by atoms with van der Waals surface area (Å²) in [5.41, 5.74) is 3.68. The molecular weight excluding hydrogens is 318 g/mol. The highest BCUT2D eigenvalue weighted by molar-refractivity contribution is 9.10. The van der Waals surface area contributed by atoms with E-state index in [1.165, 1.54) is 7.11 Å². The summed E-state index contributed by atoms with van der Waals surface area (Å²) in [5, 5.41) is 1.15. The molecule has 0 atom stereocenters. The quantitative estimate of drug-likeness (QED) is 0.709. The van der Waals surface area contributed by atoms with Gasteiger partial charge in [-0.3, -0.25) is 0 Å². The maximum absolute atomic E-state index is 11.4. The Kier molecular flexibility index (Phi) is 3.32. The van der Waals surface area contributed by atoms with E-state index in [1.54, 1.807) is 12.1 Å². The SMILES string of the molecule is COC(=O)c1ccc(-c2cc3ccc(Br)cc3[nH]2)cc1. The summed E-state index contributed by atoms with van der Waals surface area (Å²) in [6.45, 7) is 0. The van der Waals surface area contributed by atoms with Gasteiger partial charge in [0.2, 0.25) is 0 Å². The maximum Gasteiger partial charge on any atom is 0.337 e. The molecule has 0 saturated heterocycles. The van der Waals surface area contributed by atoms with Crippen molar-refractivity contribution < 1.29 is 9.53 Å². The first-order chi connectivity index (χ1) is 9.67. The molecule has 20 heavy (non-hydrogen) atoms. The molecule has 0 aliphatic carbocycles. The number of benzene rings is 2. The molecular formula is C16H12BrNO2. The summed E-state index contributed by atoms with van der Waals surface area (Å²) < 4.78 is 5.73. The largest absolute Gasteiger partial charge is 0.465 e. The molecule has 0 radical (unpaired) electrons. The number of H-pyrrole nitrogens is 1. The number of carbonyl (C=O) groups excluding carboxylic acids is 1. The van der Waals surface area contributed by atoms with Gasteiger partial charge in [0.05, 0.1) is 12.7 Å². The predicted molar refractivity (Wildman–Crippen MR) is 82.8 cm³/mol. The van der Waals surface area contributed by atoms with Crippen molar-refractivity contribution in [3.05, 3.63) is 58.6 Å². The minimum atomic E-state index is -0.322. The van der Waals surface area contributed by atoms with Crippen LogP contribution in [0, 0.1) is 0 Å². The molecule has 0 bridgehead atoms. The molecule has 100 valence electrons. The van der Waals surface area contributed by atoms with Gasteiger partial charge in [0, 0.05) is 21.1 Å². The molecule has 3 rings (SSSR count).